The summed E-state index contributed by atoms with van der Waals surface area (Å²) in [5.74, 6) is -0.478. The Morgan fingerprint density at radius 1 is 1.11 bits per heavy atom. The number of carbonyl (C=O) groups excluding carboxylic acids is 2. The van der Waals surface area contributed by atoms with E-state index in [1.165, 1.54) is 23.9 Å². The summed E-state index contributed by atoms with van der Waals surface area (Å²) >= 11 is 7.29. The van der Waals surface area contributed by atoms with Crippen LogP contribution in [0.25, 0.3) is 0 Å². The summed E-state index contributed by atoms with van der Waals surface area (Å²) in [5, 5.41) is 3.43. The van der Waals surface area contributed by atoms with Gasteiger partial charge in [-0.2, -0.15) is 0 Å². The van der Waals surface area contributed by atoms with E-state index in [2.05, 4.69) is 5.32 Å². The number of amides is 2. The van der Waals surface area contributed by atoms with E-state index in [1.807, 2.05) is 26.0 Å². The highest BCUT2D eigenvalue weighted by molar-refractivity contribution is 8.00. The van der Waals surface area contributed by atoms with Crippen molar-refractivity contribution in [2.45, 2.75) is 37.8 Å². The van der Waals surface area contributed by atoms with Crippen molar-refractivity contribution in [3.8, 4) is 0 Å². The van der Waals surface area contributed by atoms with Crippen LogP contribution in [0.1, 0.15) is 25.8 Å². The van der Waals surface area contributed by atoms with Crippen LogP contribution in [-0.2, 0) is 16.1 Å². The van der Waals surface area contributed by atoms with Gasteiger partial charge in [0.15, 0.2) is 0 Å². The Balaban J connectivity index is 2.16. The first-order valence-corrected chi connectivity index (χ1v) is 10.5. The highest BCUT2D eigenvalue weighted by Gasteiger charge is 2.28. The van der Waals surface area contributed by atoms with Crippen molar-refractivity contribution in [3.63, 3.8) is 0 Å². The molecule has 2 amide bonds. The van der Waals surface area contributed by atoms with Gasteiger partial charge in [-0.3, -0.25) is 9.59 Å². The predicted octanol–water partition coefficient (Wildman–Crippen LogP) is 4.51. The minimum absolute atomic E-state index is 0.151. The number of benzene rings is 2. The Hall–Kier alpha value is -2.05. The van der Waals surface area contributed by atoms with Crippen molar-refractivity contribution >= 4 is 35.2 Å². The normalized spacial score (nSPS) is 11.7. The van der Waals surface area contributed by atoms with E-state index in [-0.39, 0.29) is 29.9 Å². The summed E-state index contributed by atoms with van der Waals surface area (Å²) in [6.45, 7) is 4.45. The molecule has 2 aromatic carbocycles. The van der Waals surface area contributed by atoms with Gasteiger partial charge in [0, 0.05) is 23.0 Å². The molecule has 150 valence electrons. The van der Waals surface area contributed by atoms with Crippen LogP contribution >= 0.6 is 23.4 Å². The average Bonchev–Trinajstić information content (AvgIpc) is 2.69. The number of likely N-dealkylation sites (N-methyl/N-ethyl adjacent to an activating group) is 1. The van der Waals surface area contributed by atoms with Crippen LogP contribution in [0.5, 0.6) is 0 Å². The lowest BCUT2D eigenvalue weighted by Crippen LogP contribution is -2.49. The number of carbonyl (C=O) groups is 2. The Kier molecular flexibility index (Phi) is 8.80. The van der Waals surface area contributed by atoms with Gasteiger partial charge in [-0.25, -0.2) is 4.39 Å². The van der Waals surface area contributed by atoms with Gasteiger partial charge in [-0.05, 0) is 55.3 Å². The molecule has 4 nitrogen and oxygen atoms in total. The monoisotopic (exact) mass is 422 g/mol. The van der Waals surface area contributed by atoms with Gasteiger partial charge in [-0.1, -0.05) is 30.7 Å². The molecule has 0 radical (unpaired) electrons. The third kappa shape index (κ3) is 6.53. The summed E-state index contributed by atoms with van der Waals surface area (Å²) in [7, 11) is 0. The van der Waals surface area contributed by atoms with E-state index in [1.54, 1.807) is 29.2 Å². The molecule has 0 aliphatic carbocycles. The highest BCUT2D eigenvalue weighted by Crippen LogP contribution is 2.22. The van der Waals surface area contributed by atoms with Crippen molar-refractivity contribution in [1.82, 2.24) is 10.2 Å². The van der Waals surface area contributed by atoms with E-state index < -0.39 is 6.04 Å². The lowest BCUT2D eigenvalue weighted by Gasteiger charge is -2.30. The second-order valence-corrected chi connectivity index (χ2v) is 7.69. The smallest absolute Gasteiger partial charge is 0.242 e. The van der Waals surface area contributed by atoms with Crippen LogP contribution in [0.15, 0.2) is 53.4 Å². The number of nitrogens with one attached hydrogen (secondary N) is 1. The Morgan fingerprint density at radius 3 is 2.32 bits per heavy atom. The second-order valence-electron chi connectivity index (χ2n) is 6.21. The molecule has 0 aromatic heterocycles. The van der Waals surface area contributed by atoms with Crippen molar-refractivity contribution in [3.05, 3.63) is 64.9 Å². The van der Waals surface area contributed by atoms with E-state index in [0.29, 0.717) is 18.0 Å². The second kappa shape index (κ2) is 11.1. The summed E-state index contributed by atoms with van der Waals surface area (Å²) in [5.41, 5.74) is 0.772. The SMILES string of the molecule is CCNC(=O)[C@@H](CC)N(Cc1ccc(F)cc1)C(=O)CSc1ccc(Cl)cc1. The average molecular weight is 423 g/mol. The molecule has 0 saturated carbocycles. The fourth-order valence-electron chi connectivity index (χ4n) is 2.76. The fourth-order valence-corrected chi connectivity index (χ4v) is 3.67. The number of rotatable bonds is 9. The van der Waals surface area contributed by atoms with E-state index in [4.69, 9.17) is 11.6 Å². The summed E-state index contributed by atoms with van der Waals surface area (Å²) in [6, 6.07) is 12.6. The molecule has 0 heterocycles. The highest BCUT2D eigenvalue weighted by atomic mass is 35.5. The largest absolute Gasteiger partial charge is 0.355 e. The van der Waals surface area contributed by atoms with E-state index in [9.17, 15) is 14.0 Å². The van der Waals surface area contributed by atoms with Gasteiger partial charge >= 0.3 is 0 Å². The molecule has 2 rings (SSSR count). The first-order chi connectivity index (χ1) is 13.4. The van der Waals surface area contributed by atoms with Crippen molar-refractivity contribution < 1.29 is 14.0 Å². The van der Waals surface area contributed by atoms with Crippen LogP contribution < -0.4 is 5.32 Å². The molecule has 1 atom stereocenters. The summed E-state index contributed by atoms with van der Waals surface area (Å²) in [6.07, 6.45) is 0.490. The molecule has 2 aromatic rings. The maximum absolute atomic E-state index is 13.2. The molecular weight excluding hydrogens is 399 g/mol. The maximum Gasteiger partial charge on any atom is 0.242 e. The molecule has 0 saturated heterocycles. The predicted molar refractivity (Wildman–Crippen MR) is 112 cm³/mol. The number of hydrogen-bond donors (Lipinski definition) is 1. The van der Waals surface area contributed by atoms with Gasteiger partial charge in [0.25, 0.3) is 0 Å². The zero-order valence-corrected chi connectivity index (χ0v) is 17.5. The lowest BCUT2D eigenvalue weighted by atomic mass is 10.1. The lowest BCUT2D eigenvalue weighted by molar-refractivity contribution is -0.139. The molecule has 0 fully saturated rings. The number of thioether (sulfide) groups is 1. The third-order valence-electron chi connectivity index (χ3n) is 4.18. The first kappa shape index (κ1) is 22.2. The molecule has 7 heteroatoms. The van der Waals surface area contributed by atoms with E-state index >= 15 is 0 Å². The van der Waals surface area contributed by atoms with Crippen LogP contribution in [0, 0.1) is 5.82 Å². The van der Waals surface area contributed by atoms with Gasteiger partial charge in [0.1, 0.15) is 11.9 Å². The maximum atomic E-state index is 13.2. The minimum Gasteiger partial charge on any atom is -0.355 e. The van der Waals surface area contributed by atoms with Crippen LogP contribution in [0.3, 0.4) is 0 Å². The molecule has 0 aliphatic rings. The molecule has 0 bridgehead atoms. The first-order valence-electron chi connectivity index (χ1n) is 9.14. The molecule has 0 unspecified atom stereocenters. The molecule has 1 N–H and O–H groups in total. The minimum atomic E-state index is -0.580. The van der Waals surface area contributed by atoms with Gasteiger partial charge < -0.3 is 10.2 Å². The topological polar surface area (TPSA) is 49.4 Å². The number of hydrogen-bond acceptors (Lipinski definition) is 3. The third-order valence-corrected chi connectivity index (χ3v) is 5.43. The summed E-state index contributed by atoms with van der Waals surface area (Å²) < 4.78 is 13.2. The van der Waals surface area contributed by atoms with Gasteiger partial charge in [-0.15, -0.1) is 11.8 Å². The van der Waals surface area contributed by atoms with Gasteiger partial charge in [0.2, 0.25) is 11.8 Å². The molecule has 28 heavy (non-hydrogen) atoms. The molecular formula is C21H24ClFN2O2S. The van der Waals surface area contributed by atoms with Crippen molar-refractivity contribution in [2.75, 3.05) is 12.3 Å². The molecule has 0 spiro atoms. The molecule has 0 aliphatic heterocycles. The van der Waals surface area contributed by atoms with Crippen molar-refractivity contribution in [2.24, 2.45) is 0 Å². The number of halogens is 2. The van der Waals surface area contributed by atoms with Crippen LogP contribution in [0.2, 0.25) is 5.02 Å². The zero-order chi connectivity index (χ0) is 20.5. The van der Waals surface area contributed by atoms with Crippen LogP contribution in [-0.4, -0.2) is 35.1 Å². The fraction of sp³-hybridized carbons (Fsp3) is 0.333. The Labute approximate surface area is 174 Å². The zero-order valence-electron chi connectivity index (χ0n) is 16.0. The van der Waals surface area contributed by atoms with Gasteiger partial charge in [0.05, 0.1) is 5.75 Å². The summed E-state index contributed by atoms with van der Waals surface area (Å²) in [4.78, 5) is 28.0. The number of nitrogens with zero attached hydrogens (tertiary/aromatic N) is 1. The Morgan fingerprint density at radius 2 is 1.75 bits per heavy atom. The van der Waals surface area contributed by atoms with Crippen molar-refractivity contribution in [1.29, 1.82) is 0 Å². The Bertz CT molecular complexity index is 784. The standard InChI is InChI=1S/C21H24ClFN2O2S/c1-3-19(21(27)24-4-2)25(13-15-5-9-17(23)10-6-15)20(26)14-28-18-11-7-16(22)8-12-18/h5-12,19H,3-4,13-14H2,1-2H3,(H,24,27)/t19-/m1/s1. The van der Waals surface area contributed by atoms with Crippen LogP contribution in [0.4, 0.5) is 4.39 Å². The quantitative estimate of drug-likeness (QED) is 0.604. The van der Waals surface area contributed by atoms with E-state index in [0.717, 1.165) is 10.5 Å².